The minimum Gasteiger partial charge on any atom is -0.315 e. The van der Waals surface area contributed by atoms with Crippen LogP contribution in [0.15, 0.2) is 18.2 Å². The zero-order valence-corrected chi connectivity index (χ0v) is 8.07. The molecular weight excluding hydrogens is 176 g/mol. The summed E-state index contributed by atoms with van der Waals surface area (Å²) in [5.74, 6) is 1.63. The molecule has 0 amide bonds. The summed E-state index contributed by atoms with van der Waals surface area (Å²) >= 11 is 0. The number of nitrogens with one attached hydrogen (secondary N) is 1. The summed E-state index contributed by atoms with van der Waals surface area (Å²) in [6.45, 7) is 4.14. The van der Waals surface area contributed by atoms with Crippen molar-refractivity contribution in [3.63, 3.8) is 0 Å². The van der Waals surface area contributed by atoms with Gasteiger partial charge in [0.25, 0.3) is 0 Å². The number of pyridine rings is 1. The largest absolute Gasteiger partial charge is 0.315 e. The average Bonchev–Trinajstić information content (AvgIpc) is 2.47. The van der Waals surface area contributed by atoms with E-state index in [9.17, 15) is 0 Å². The molecule has 4 heteroatoms. The average molecular weight is 188 g/mol. The molecule has 0 aliphatic carbocycles. The van der Waals surface area contributed by atoms with Crippen molar-refractivity contribution >= 4 is 5.65 Å². The maximum absolute atomic E-state index is 4.25. The van der Waals surface area contributed by atoms with Crippen LogP contribution in [0.25, 0.3) is 5.65 Å². The van der Waals surface area contributed by atoms with Crippen molar-refractivity contribution < 1.29 is 0 Å². The number of hydrogen-bond acceptors (Lipinski definition) is 3. The Morgan fingerprint density at radius 1 is 1.36 bits per heavy atom. The fraction of sp³-hybridized carbons (Fsp3) is 0.400. The Morgan fingerprint density at radius 3 is 2.93 bits per heavy atom. The molecule has 0 radical (unpaired) electrons. The highest BCUT2D eigenvalue weighted by atomic mass is 15.3. The lowest BCUT2D eigenvalue weighted by Crippen LogP contribution is -2.41. The molecule has 0 spiro atoms. The van der Waals surface area contributed by atoms with Crippen molar-refractivity contribution in [2.45, 2.75) is 12.8 Å². The monoisotopic (exact) mass is 188 g/mol. The fourth-order valence-corrected chi connectivity index (χ4v) is 1.86. The van der Waals surface area contributed by atoms with E-state index in [1.54, 1.807) is 0 Å². The van der Waals surface area contributed by atoms with Gasteiger partial charge in [-0.25, -0.2) is 0 Å². The Balaban J connectivity index is 2.23. The van der Waals surface area contributed by atoms with Crippen LogP contribution in [0.3, 0.4) is 0 Å². The van der Waals surface area contributed by atoms with Crippen molar-refractivity contribution in [1.82, 2.24) is 19.9 Å². The molecular formula is C10H12N4. The lowest BCUT2D eigenvalue weighted by Gasteiger charge is -2.25. The van der Waals surface area contributed by atoms with Crippen LogP contribution in [0.5, 0.6) is 0 Å². The first-order valence-electron chi connectivity index (χ1n) is 4.87. The first kappa shape index (κ1) is 7.94. The highest BCUT2D eigenvalue weighted by Gasteiger charge is 2.24. The summed E-state index contributed by atoms with van der Waals surface area (Å²) in [4.78, 5) is 0. The number of fused-ring (bicyclic) bond motifs is 1. The summed E-state index contributed by atoms with van der Waals surface area (Å²) in [5, 5.41) is 11.7. The lowest BCUT2D eigenvalue weighted by molar-refractivity contribution is 0.426. The first-order valence-corrected chi connectivity index (χ1v) is 4.87. The van der Waals surface area contributed by atoms with Crippen LogP contribution in [0, 0.1) is 6.92 Å². The van der Waals surface area contributed by atoms with Crippen molar-refractivity contribution in [2.24, 2.45) is 0 Å². The Kier molecular flexibility index (Phi) is 1.58. The van der Waals surface area contributed by atoms with E-state index in [2.05, 4.69) is 32.9 Å². The van der Waals surface area contributed by atoms with Gasteiger partial charge < -0.3 is 5.32 Å². The fourth-order valence-electron chi connectivity index (χ4n) is 1.86. The highest BCUT2D eigenvalue weighted by Crippen LogP contribution is 2.19. The molecule has 1 aliphatic rings. The molecule has 1 aliphatic heterocycles. The third-order valence-electron chi connectivity index (χ3n) is 2.80. The smallest absolute Gasteiger partial charge is 0.160 e. The number of nitrogens with zero attached hydrogens (tertiary/aromatic N) is 3. The first-order chi connectivity index (χ1) is 6.86. The predicted octanol–water partition coefficient (Wildman–Crippen LogP) is 0.725. The zero-order chi connectivity index (χ0) is 9.54. The summed E-state index contributed by atoms with van der Waals surface area (Å²) in [6.07, 6.45) is 0. The maximum atomic E-state index is 4.25. The molecule has 14 heavy (non-hydrogen) atoms. The molecule has 3 heterocycles. The maximum Gasteiger partial charge on any atom is 0.160 e. The van der Waals surface area contributed by atoms with Crippen LogP contribution in [-0.2, 0) is 0 Å². The minimum atomic E-state index is 0.533. The molecule has 2 aromatic heterocycles. The van der Waals surface area contributed by atoms with E-state index < -0.39 is 0 Å². The Labute approximate surface area is 82.0 Å². The zero-order valence-electron chi connectivity index (χ0n) is 8.07. The molecule has 72 valence electrons. The van der Waals surface area contributed by atoms with E-state index >= 15 is 0 Å². The topological polar surface area (TPSA) is 42.2 Å². The molecule has 0 saturated carbocycles. The molecule has 0 aromatic carbocycles. The Hall–Kier alpha value is -1.42. The highest BCUT2D eigenvalue weighted by molar-refractivity contribution is 5.40. The second kappa shape index (κ2) is 2.78. The van der Waals surface area contributed by atoms with Crippen LogP contribution >= 0.6 is 0 Å². The van der Waals surface area contributed by atoms with Crippen LogP contribution < -0.4 is 5.32 Å². The van der Waals surface area contributed by atoms with Gasteiger partial charge in [0.05, 0.1) is 0 Å². The van der Waals surface area contributed by atoms with Gasteiger partial charge in [-0.3, -0.25) is 4.40 Å². The van der Waals surface area contributed by atoms with Crippen molar-refractivity contribution in [3.8, 4) is 0 Å². The second-order valence-corrected chi connectivity index (χ2v) is 3.77. The van der Waals surface area contributed by atoms with Crippen LogP contribution in [0.4, 0.5) is 0 Å². The molecule has 1 saturated heterocycles. The van der Waals surface area contributed by atoms with Crippen molar-refractivity contribution in [2.75, 3.05) is 13.1 Å². The minimum absolute atomic E-state index is 0.533. The third kappa shape index (κ3) is 0.974. The van der Waals surface area contributed by atoms with Gasteiger partial charge in [-0.1, -0.05) is 6.07 Å². The number of rotatable bonds is 1. The molecule has 2 aromatic rings. The van der Waals surface area contributed by atoms with Gasteiger partial charge in [0.1, 0.15) is 5.82 Å². The van der Waals surface area contributed by atoms with Crippen molar-refractivity contribution in [1.29, 1.82) is 0 Å². The van der Waals surface area contributed by atoms with Crippen LogP contribution in [-0.4, -0.2) is 27.7 Å². The number of hydrogen-bond donors (Lipinski definition) is 1. The molecule has 1 N–H and O–H groups in total. The molecule has 0 atom stereocenters. The van der Waals surface area contributed by atoms with E-state index in [0.29, 0.717) is 5.92 Å². The normalized spacial score (nSPS) is 17.2. The van der Waals surface area contributed by atoms with Crippen LogP contribution in [0.2, 0.25) is 0 Å². The van der Waals surface area contributed by atoms with Gasteiger partial charge >= 0.3 is 0 Å². The van der Waals surface area contributed by atoms with E-state index in [1.165, 1.54) is 5.69 Å². The van der Waals surface area contributed by atoms with Crippen LogP contribution in [0.1, 0.15) is 17.4 Å². The van der Waals surface area contributed by atoms with Crippen molar-refractivity contribution in [3.05, 3.63) is 29.7 Å². The number of aryl methyl sites for hydroxylation is 1. The predicted molar refractivity (Wildman–Crippen MR) is 53.3 cm³/mol. The Bertz CT molecular complexity index is 470. The van der Waals surface area contributed by atoms with Gasteiger partial charge in [-0.05, 0) is 19.1 Å². The van der Waals surface area contributed by atoms with E-state index in [1.807, 2.05) is 12.1 Å². The third-order valence-corrected chi connectivity index (χ3v) is 2.80. The molecule has 3 rings (SSSR count). The summed E-state index contributed by atoms with van der Waals surface area (Å²) in [5.41, 5.74) is 2.15. The summed E-state index contributed by atoms with van der Waals surface area (Å²) in [7, 11) is 0. The van der Waals surface area contributed by atoms with E-state index in [-0.39, 0.29) is 0 Å². The van der Waals surface area contributed by atoms with E-state index in [0.717, 1.165) is 24.6 Å². The standard InChI is InChI=1S/C10H12N4/c1-7-3-2-4-9-12-13-10(14(7)9)8-5-11-6-8/h2-4,8,11H,5-6H2,1H3. The lowest BCUT2D eigenvalue weighted by atomic mass is 10.0. The SMILES string of the molecule is Cc1cccc2nnc(C3CNC3)n12. The van der Waals surface area contributed by atoms with Gasteiger partial charge in [0.2, 0.25) is 0 Å². The summed E-state index contributed by atoms with van der Waals surface area (Å²) in [6, 6.07) is 6.10. The molecule has 0 unspecified atom stereocenters. The van der Waals surface area contributed by atoms with E-state index in [4.69, 9.17) is 0 Å². The number of aromatic nitrogens is 3. The summed E-state index contributed by atoms with van der Waals surface area (Å²) < 4.78 is 2.14. The van der Waals surface area contributed by atoms with Gasteiger partial charge in [-0.2, -0.15) is 0 Å². The van der Waals surface area contributed by atoms with Gasteiger partial charge in [-0.15, -0.1) is 10.2 Å². The quantitative estimate of drug-likeness (QED) is 0.717. The van der Waals surface area contributed by atoms with Gasteiger partial charge in [0.15, 0.2) is 5.65 Å². The van der Waals surface area contributed by atoms with Gasteiger partial charge in [0, 0.05) is 24.7 Å². The molecule has 0 bridgehead atoms. The Morgan fingerprint density at radius 2 is 2.21 bits per heavy atom. The second-order valence-electron chi connectivity index (χ2n) is 3.77. The molecule has 4 nitrogen and oxygen atoms in total. The molecule has 1 fully saturated rings.